The van der Waals surface area contributed by atoms with E-state index in [1.165, 1.54) is 0 Å². The minimum absolute atomic E-state index is 0.365. The van der Waals surface area contributed by atoms with Gasteiger partial charge in [0.2, 0.25) is 0 Å². The Bertz CT molecular complexity index is 947. The molecule has 3 rings (SSSR count). The molecule has 0 atom stereocenters. The van der Waals surface area contributed by atoms with Crippen LogP contribution in [0.25, 0.3) is 10.9 Å². The third-order valence-corrected chi connectivity index (χ3v) is 4.67. The summed E-state index contributed by atoms with van der Waals surface area (Å²) in [6, 6.07) is 12.4. The van der Waals surface area contributed by atoms with Crippen LogP contribution in [0.3, 0.4) is 0 Å². The summed E-state index contributed by atoms with van der Waals surface area (Å²) in [6.07, 6.45) is 0. The molecule has 24 heavy (non-hydrogen) atoms. The maximum Gasteiger partial charge on any atom is 0.270 e. The number of halogens is 1. The number of carbonyl (C=O) groups excluding carboxylic acids is 2. The van der Waals surface area contributed by atoms with Crippen LogP contribution >= 0.6 is 15.9 Å². The molecule has 122 valence electrons. The van der Waals surface area contributed by atoms with E-state index in [1.54, 1.807) is 24.3 Å². The Morgan fingerprint density at radius 3 is 2.46 bits per heavy atom. The summed E-state index contributed by atoms with van der Waals surface area (Å²) in [5.74, 6) is -0.749. The first-order valence-corrected chi connectivity index (χ1v) is 8.21. The van der Waals surface area contributed by atoms with Crippen LogP contribution in [-0.2, 0) is 0 Å². The molecule has 0 aliphatic rings. The molecular formula is C18H16BrN3O2. The number of hydrazine groups is 1. The van der Waals surface area contributed by atoms with Gasteiger partial charge >= 0.3 is 0 Å². The Morgan fingerprint density at radius 2 is 1.71 bits per heavy atom. The fraction of sp³-hybridized carbons (Fsp3) is 0.111. The molecule has 3 N–H and O–H groups in total. The SMILES string of the molecule is Cc1[nH]c2ccc(C(=O)NNC(=O)c3ccccc3Br)cc2c1C. The molecule has 0 aliphatic carbocycles. The highest BCUT2D eigenvalue weighted by atomic mass is 79.9. The third-order valence-electron chi connectivity index (χ3n) is 3.98. The summed E-state index contributed by atoms with van der Waals surface area (Å²) in [6.45, 7) is 4.00. The monoisotopic (exact) mass is 385 g/mol. The number of H-pyrrole nitrogens is 1. The summed E-state index contributed by atoms with van der Waals surface area (Å²) in [7, 11) is 0. The molecule has 2 aromatic carbocycles. The van der Waals surface area contributed by atoms with Gasteiger partial charge in [-0.05, 0) is 65.7 Å². The lowest BCUT2D eigenvalue weighted by molar-refractivity contribution is 0.0846. The quantitative estimate of drug-likeness (QED) is 0.589. The van der Waals surface area contributed by atoms with Crippen LogP contribution in [0.15, 0.2) is 46.9 Å². The van der Waals surface area contributed by atoms with Crippen molar-refractivity contribution in [1.82, 2.24) is 15.8 Å². The minimum atomic E-state index is -0.384. The van der Waals surface area contributed by atoms with Crippen molar-refractivity contribution >= 4 is 38.6 Å². The summed E-state index contributed by atoms with van der Waals surface area (Å²) >= 11 is 3.31. The molecule has 0 fully saturated rings. The number of carbonyl (C=O) groups is 2. The lowest BCUT2D eigenvalue weighted by Gasteiger charge is -2.08. The molecule has 3 aromatic rings. The Labute approximate surface area is 147 Å². The highest BCUT2D eigenvalue weighted by Gasteiger charge is 2.13. The number of aromatic amines is 1. The van der Waals surface area contributed by atoms with Crippen molar-refractivity contribution in [3.05, 3.63) is 69.3 Å². The molecule has 0 saturated heterocycles. The van der Waals surface area contributed by atoms with Gasteiger partial charge < -0.3 is 4.98 Å². The molecule has 1 aromatic heterocycles. The summed E-state index contributed by atoms with van der Waals surface area (Å²) < 4.78 is 0.664. The smallest absolute Gasteiger partial charge is 0.270 e. The van der Waals surface area contributed by atoms with Crippen molar-refractivity contribution in [2.24, 2.45) is 0 Å². The van der Waals surface area contributed by atoms with Gasteiger partial charge in [-0.15, -0.1) is 0 Å². The van der Waals surface area contributed by atoms with E-state index in [1.807, 2.05) is 32.0 Å². The van der Waals surface area contributed by atoms with Crippen LogP contribution in [0.1, 0.15) is 32.0 Å². The van der Waals surface area contributed by atoms with Crippen LogP contribution in [0.2, 0.25) is 0 Å². The van der Waals surface area contributed by atoms with Crippen molar-refractivity contribution in [1.29, 1.82) is 0 Å². The van der Waals surface area contributed by atoms with Crippen molar-refractivity contribution in [3.63, 3.8) is 0 Å². The molecule has 0 unspecified atom stereocenters. The van der Waals surface area contributed by atoms with E-state index in [0.717, 1.165) is 22.2 Å². The maximum atomic E-state index is 12.3. The van der Waals surface area contributed by atoms with Crippen LogP contribution in [0, 0.1) is 13.8 Å². The number of hydrogen-bond acceptors (Lipinski definition) is 2. The number of amides is 2. The predicted molar refractivity (Wildman–Crippen MR) is 96.8 cm³/mol. The second-order valence-electron chi connectivity index (χ2n) is 5.52. The first-order valence-electron chi connectivity index (χ1n) is 7.41. The molecule has 0 saturated carbocycles. The highest BCUT2D eigenvalue weighted by Crippen LogP contribution is 2.22. The predicted octanol–water partition coefficient (Wildman–Crippen LogP) is 3.62. The normalized spacial score (nSPS) is 10.6. The number of rotatable bonds is 2. The van der Waals surface area contributed by atoms with Crippen LogP contribution in [0.5, 0.6) is 0 Å². The van der Waals surface area contributed by atoms with Gasteiger partial charge in [-0.2, -0.15) is 0 Å². The second-order valence-corrected chi connectivity index (χ2v) is 6.38. The summed E-state index contributed by atoms with van der Waals surface area (Å²) in [5.41, 5.74) is 8.98. The summed E-state index contributed by atoms with van der Waals surface area (Å²) in [5, 5.41) is 0.997. The van der Waals surface area contributed by atoms with Gasteiger partial charge in [0.25, 0.3) is 11.8 Å². The van der Waals surface area contributed by atoms with Crippen molar-refractivity contribution in [2.75, 3.05) is 0 Å². The van der Waals surface area contributed by atoms with E-state index in [9.17, 15) is 9.59 Å². The number of fused-ring (bicyclic) bond motifs is 1. The van der Waals surface area contributed by atoms with Crippen LogP contribution in [0.4, 0.5) is 0 Å². The van der Waals surface area contributed by atoms with Gasteiger partial charge in [-0.1, -0.05) is 12.1 Å². The van der Waals surface area contributed by atoms with Gasteiger partial charge in [-0.25, -0.2) is 0 Å². The zero-order chi connectivity index (χ0) is 17.3. The molecule has 0 bridgehead atoms. The van der Waals surface area contributed by atoms with E-state index in [4.69, 9.17) is 0 Å². The number of nitrogens with one attached hydrogen (secondary N) is 3. The average molecular weight is 386 g/mol. The van der Waals surface area contributed by atoms with Crippen LogP contribution < -0.4 is 10.9 Å². The first kappa shape index (κ1) is 16.3. The molecule has 0 aliphatic heterocycles. The number of aryl methyl sites for hydroxylation is 2. The van der Waals surface area contributed by atoms with Crippen molar-refractivity contribution in [2.45, 2.75) is 13.8 Å². The molecule has 0 spiro atoms. The topological polar surface area (TPSA) is 74.0 Å². The van der Waals surface area contributed by atoms with Gasteiger partial charge in [-0.3, -0.25) is 20.4 Å². The lowest BCUT2D eigenvalue weighted by Crippen LogP contribution is -2.41. The zero-order valence-corrected chi connectivity index (χ0v) is 14.8. The van der Waals surface area contributed by atoms with Gasteiger partial charge in [0.15, 0.2) is 0 Å². The molecule has 1 heterocycles. The van der Waals surface area contributed by atoms with Crippen LogP contribution in [-0.4, -0.2) is 16.8 Å². The van der Waals surface area contributed by atoms with E-state index in [2.05, 4.69) is 31.8 Å². The Morgan fingerprint density at radius 1 is 1.00 bits per heavy atom. The maximum absolute atomic E-state index is 12.3. The molecule has 5 nitrogen and oxygen atoms in total. The fourth-order valence-electron chi connectivity index (χ4n) is 2.50. The Balaban J connectivity index is 1.74. The van der Waals surface area contributed by atoms with Gasteiger partial charge in [0.1, 0.15) is 0 Å². The number of benzene rings is 2. The molecule has 6 heteroatoms. The zero-order valence-electron chi connectivity index (χ0n) is 13.2. The Kier molecular flexibility index (Phi) is 4.40. The minimum Gasteiger partial charge on any atom is -0.358 e. The summed E-state index contributed by atoms with van der Waals surface area (Å²) in [4.78, 5) is 27.7. The highest BCUT2D eigenvalue weighted by molar-refractivity contribution is 9.10. The molecule has 2 amide bonds. The first-order chi connectivity index (χ1) is 11.5. The standard InChI is InChI=1S/C18H16BrN3O2/c1-10-11(2)20-16-8-7-12(9-14(10)16)17(23)21-22-18(24)13-5-3-4-6-15(13)19/h3-9,20H,1-2H3,(H,21,23)(H,22,24). The van der Waals surface area contributed by atoms with E-state index < -0.39 is 0 Å². The second kappa shape index (κ2) is 6.49. The van der Waals surface area contributed by atoms with Crippen molar-refractivity contribution in [3.8, 4) is 0 Å². The number of aromatic nitrogens is 1. The largest absolute Gasteiger partial charge is 0.358 e. The molecular weight excluding hydrogens is 370 g/mol. The van der Waals surface area contributed by atoms with E-state index in [0.29, 0.717) is 15.6 Å². The van der Waals surface area contributed by atoms with Crippen molar-refractivity contribution < 1.29 is 9.59 Å². The average Bonchev–Trinajstić information content (AvgIpc) is 2.87. The molecule has 0 radical (unpaired) electrons. The third kappa shape index (κ3) is 3.05. The van der Waals surface area contributed by atoms with Gasteiger partial charge in [0.05, 0.1) is 5.56 Å². The lowest BCUT2D eigenvalue weighted by atomic mass is 10.1. The Hall–Kier alpha value is -2.60. The number of hydrogen-bond donors (Lipinski definition) is 3. The van der Waals surface area contributed by atoms with E-state index in [-0.39, 0.29) is 11.8 Å². The van der Waals surface area contributed by atoms with E-state index >= 15 is 0 Å². The fourth-order valence-corrected chi connectivity index (χ4v) is 2.97. The van der Waals surface area contributed by atoms with Gasteiger partial charge in [0, 0.05) is 26.6 Å².